The van der Waals surface area contributed by atoms with Gasteiger partial charge < -0.3 is 14.2 Å². The van der Waals surface area contributed by atoms with E-state index in [4.69, 9.17) is 4.42 Å². The normalized spacial score (nSPS) is 11.0. The van der Waals surface area contributed by atoms with E-state index in [9.17, 15) is 14.4 Å². The van der Waals surface area contributed by atoms with E-state index < -0.39 is 7.60 Å². The Labute approximate surface area is 122 Å². The monoisotopic (exact) mass is 306 g/mol. The van der Waals surface area contributed by atoms with Crippen molar-refractivity contribution in [2.24, 2.45) is 0 Å². The minimum absolute atomic E-state index is 0.0213. The Bertz CT molecular complexity index is 724. The molecule has 0 spiro atoms. The van der Waals surface area contributed by atoms with Gasteiger partial charge in [0.1, 0.15) is 16.7 Å². The van der Waals surface area contributed by atoms with Gasteiger partial charge >= 0.3 is 7.60 Å². The fourth-order valence-corrected chi connectivity index (χ4v) is 2.36. The van der Waals surface area contributed by atoms with Crippen LogP contribution in [0.5, 0.6) is 0 Å². The zero-order chi connectivity index (χ0) is 15.3. The summed E-state index contributed by atoms with van der Waals surface area (Å²) in [6.07, 6.45) is 6.96. The second-order valence-electron chi connectivity index (χ2n) is 4.37. The van der Waals surface area contributed by atoms with Gasteiger partial charge in [-0.2, -0.15) is 0 Å². The molecule has 0 atom stereocenters. The minimum Gasteiger partial charge on any atom is -0.462 e. The van der Waals surface area contributed by atoms with E-state index in [-0.39, 0.29) is 16.8 Å². The predicted octanol–water partition coefficient (Wildman–Crippen LogP) is 2.08. The van der Waals surface area contributed by atoms with Crippen molar-refractivity contribution >= 4 is 12.9 Å². The van der Waals surface area contributed by atoms with Gasteiger partial charge in [0.2, 0.25) is 0 Å². The Balaban J connectivity index is 2.32. The molecule has 0 aliphatic carbocycles. The fraction of sp³-hybridized carbons (Fsp3) is 0.286. The molecule has 0 saturated carbocycles. The lowest BCUT2D eigenvalue weighted by Gasteiger charge is -2.03. The molecule has 0 aliphatic heterocycles. The summed E-state index contributed by atoms with van der Waals surface area (Å²) in [7, 11) is -4.42. The quantitative estimate of drug-likeness (QED) is 0.510. The Kier molecular flexibility index (Phi) is 4.92. The highest BCUT2D eigenvalue weighted by Crippen LogP contribution is 2.37. The van der Waals surface area contributed by atoms with Gasteiger partial charge in [0, 0.05) is 6.42 Å². The molecule has 2 N–H and O–H groups in total. The smallest absolute Gasteiger partial charge is 0.360 e. The summed E-state index contributed by atoms with van der Waals surface area (Å²) in [6.45, 7) is 2.09. The van der Waals surface area contributed by atoms with Crippen LogP contribution in [-0.2, 0) is 4.57 Å². The molecule has 0 radical (unpaired) electrons. The molecule has 110 valence electrons. The van der Waals surface area contributed by atoms with Crippen molar-refractivity contribution in [3.05, 3.63) is 30.4 Å². The van der Waals surface area contributed by atoms with Crippen molar-refractivity contribution in [2.45, 2.75) is 26.2 Å². The van der Waals surface area contributed by atoms with Gasteiger partial charge in [0.05, 0.1) is 18.7 Å². The number of unbranched alkanes of at least 4 members (excludes halogenated alkanes) is 2. The summed E-state index contributed by atoms with van der Waals surface area (Å²) in [5.41, 5.74) is 0.692. The maximum atomic E-state index is 11.4. The predicted molar refractivity (Wildman–Crippen MR) is 77.8 cm³/mol. The number of furan rings is 1. The second-order valence-corrected chi connectivity index (χ2v) is 5.94. The first-order valence-corrected chi connectivity index (χ1v) is 8.08. The third-order valence-electron chi connectivity index (χ3n) is 2.70. The first-order chi connectivity index (χ1) is 10.0. The molecule has 0 unspecified atom stereocenters. The number of rotatable bonds is 4. The topological polar surface area (TPSA) is 96.5 Å². The molecule has 0 fully saturated rings. The van der Waals surface area contributed by atoms with E-state index in [2.05, 4.69) is 28.7 Å². The van der Waals surface area contributed by atoms with Crippen LogP contribution in [0.25, 0.3) is 11.5 Å². The van der Waals surface area contributed by atoms with Gasteiger partial charge in [-0.15, -0.1) is 0 Å². The van der Waals surface area contributed by atoms with E-state index in [1.807, 2.05) is 0 Å². The van der Waals surface area contributed by atoms with Gasteiger partial charge in [-0.05, 0) is 18.4 Å². The van der Waals surface area contributed by atoms with Crippen molar-refractivity contribution in [3.8, 4) is 23.3 Å². The van der Waals surface area contributed by atoms with E-state index >= 15 is 0 Å². The van der Waals surface area contributed by atoms with Crippen molar-refractivity contribution in [3.63, 3.8) is 0 Å². The molecule has 2 heterocycles. The van der Waals surface area contributed by atoms with Crippen LogP contribution in [0.4, 0.5) is 0 Å². The van der Waals surface area contributed by atoms with Crippen molar-refractivity contribution in [1.29, 1.82) is 0 Å². The molecular formula is C14H15N2O4P. The Morgan fingerprint density at radius 3 is 2.90 bits per heavy atom. The average Bonchev–Trinajstić information content (AvgIpc) is 2.93. The molecule has 2 aromatic rings. The van der Waals surface area contributed by atoms with Crippen molar-refractivity contribution in [2.75, 3.05) is 0 Å². The van der Waals surface area contributed by atoms with Crippen LogP contribution in [0.2, 0.25) is 0 Å². The standard InChI is InChI=1S/C14H15N2O4P/c1-2-3-4-5-6-11-9-15-10-12(16-11)14-13(7-8-20-14)21(17,18)19/h7-10H,2-4H2,1H3,(H2,17,18,19). The summed E-state index contributed by atoms with van der Waals surface area (Å²) in [6, 6.07) is 1.23. The zero-order valence-electron chi connectivity index (χ0n) is 11.5. The van der Waals surface area contributed by atoms with Crippen molar-refractivity contribution < 1.29 is 18.8 Å². The number of aromatic nitrogens is 2. The van der Waals surface area contributed by atoms with E-state index in [1.165, 1.54) is 24.7 Å². The maximum Gasteiger partial charge on any atom is 0.360 e. The maximum absolute atomic E-state index is 11.4. The SMILES string of the molecule is CCCCC#Cc1cncc(-c2occc2P(=O)(O)O)n1. The molecule has 0 saturated heterocycles. The number of nitrogens with zero attached hydrogens (tertiary/aromatic N) is 2. The third-order valence-corrected chi connectivity index (χ3v) is 3.68. The highest BCUT2D eigenvalue weighted by atomic mass is 31.2. The Morgan fingerprint density at radius 1 is 1.38 bits per heavy atom. The second kappa shape index (κ2) is 6.68. The summed E-state index contributed by atoms with van der Waals surface area (Å²) >= 11 is 0. The zero-order valence-corrected chi connectivity index (χ0v) is 12.4. The number of hydrogen-bond donors (Lipinski definition) is 2. The summed E-state index contributed by atoms with van der Waals surface area (Å²) < 4.78 is 16.5. The largest absolute Gasteiger partial charge is 0.462 e. The molecule has 2 aromatic heterocycles. The van der Waals surface area contributed by atoms with Gasteiger partial charge in [0.15, 0.2) is 5.76 Å². The third kappa shape index (κ3) is 4.02. The molecule has 0 amide bonds. The Morgan fingerprint density at radius 2 is 2.19 bits per heavy atom. The number of hydrogen-bond acceptors (Lipinski definition) is 4. The van der Waals surface area contributed by atoms with Crippen molar-refractivity contribution in [1.82, 2.24) is 9.97 Å². The van der Waals surface area contributed by atoms with E-state index in [1.54, 1.807) is 0 Å². The van der Waals surface area contributed by atoms with Gasteiger partial charge in [-0.25, -0.2) is 4.98 Å². The fourth-order valence-electron chi connectivity index (χ4n) is 1.68. The molecule has 21 heavy (non-hydrogen) atoms. The van der Waals surface area contributed by atoms with Crippen LogP contribution >= 0.6 is 7.60 Å². The highest BCUT2D eigenvalue weighted by Gasteiger charge is 2.26. The first kappa shape index (κ1) is 15.5. The summed E-state index contributed by atoms with van der Waals surface area (Å²) in [5, 5.41) is -0.201. The van der Waals surface area contributed by atoms with E-state index in [0.717, 1.165) is 19.3 Å². The first-order valence-electron chi connectivity index (χ1n) is 6.47. The van der Waals surface area contributed by atoms with Gasteiger partial charge in [0.25, 0.3) is 0 Å². The molecule has 6 nitrogen and oxygen atoms in total. The van der Waals surface area contributed by atoms with Crippen LogP contribution in [0.1, 0.15) is 31.9 Å². The minimum atomic E-state index is -4.42. The molecule has 2 rings (SSSR count). The van der Waals surface area contributed by atoms with Gasteiger partial charge in [-0.3, -0.25) is 9.55 Å². The van der Waals surface area contributed by atoms with Crippen LogP contribution in [0.15, 0.2) is 29.1 Å². The van der Waals surface area contributed by atoms with E-state index in [0.29, 0.717) is 5.69 Å². The molecule has 7 heteroatoms. The molecule has 0 bridgehead atoms. The Hall–Kier alpha value is -1.93. The molecule has 0 aliphatic rings. The highest BCUT2D eigenvalue weighted by molar-refractivity contribution is 7.60. The lowest BCUT2D eigenvalue weighted by Crippen LogP contribution is -2.05. The van der Waals surface area contributed by atoms with Gasteiger partial charge in [-0.1, -0.05) is 19.3 Å². The summed E-state index contributed by atoms with van der Waals surface area (Å²) in [5.74, 6) is 5.89. The lowest BCUT2D eigenvalue weighted by molar-refractivity contribution is 0.387. The lowest BCUT2D eigenvalue weighted by atomic mass is 10.2. The van der Waals surface area contributed by atoms with Crippen LogP contribution in [0, 0.1) is 11.8 Å². The average molecular weight is 306 g/mol. The van der Waals surface area contributed by atoms with Crippen LogP contribution < -0.4 is 5.30 Å². The molecular weight excluding hydrogens is 291 g/mol. The van der Waals surface area contributed by atoms with Crippen LogP contribution in [-0.4, -0.2) is 19.8 Å². The van der Waals surface area contributed by atoms with Crippen LogP contribution in [0.3, 0.4) is 0 Å². The summed E-state index contributed by atoms with van der Waals surface area (Å²) in [4.78, 5) is 26.7. The molecule has 0 aromatic carbocycles.